The van der Waals surface area contributed by atoms with Crippen molar-refractivity contribution in [1.82, 2.24) is 0 Å². The number of esters is 1. The molecule has 138 valence electrons. The second kappa shape index (κ2) is 9.56. The first-order chi connectivity index (χ1) is 12.0. The Labute approximate surface area is 150 Å². The number of anilines is 1. The zero-order chi connectivity index (χ0) is 18.2. The lowest BCUT2D eigenvalue weighted by Gasteiger charge is -2.27. The highest BCUT2D eigenvalue weighted by molar-refractivity contribution is 5.91. The Balaban J connectivity index is 1.76. The largest absolute Gasteiger partial charge is 0.466 e. The quantitative estimate of drug-likeness (QED) is 0.742. The summed E-state index contributed by atoms with van der Waals surface area (Å²) < 4.78 is 5.08. The van der Waals surface area contributed by atoms with E-state index >= 15 is 0 Å². The topological polar surface area (TPSA) is 59.8 Å². The SMILES string of the molecule is CCOC(=O)C1CC[NH+](CC(=O)Nc2ccc([C@@H](C)CC)cc2)CC1. The molecule has 1 aromatic carbocycles. The molecule has 25 heavy (non-hydrogen) atoms. The third-order valence-electron chi connectivity index (χ3n) is 5.10. The first-order valence-corrected chi connectivity index (χ1v) is 9.43. The molecule has 1 atom stereocenters. The number of carbonyl (C=O) groups is 2. The van der Waals surface area contributed by atoms with Gasteiger partial charge in [0.1, 0.15) is 0 Å². The summed E-state index contributed by atoms with van der Waals surface area (Å²) in [4.78, 5) is 25.2. The molecule has 1 fully saturated rings. The van der Waals surface area contributed by atoms with E-state index < -0.39 is 0 Å². The van der Waals surface area contributed by atoms with Crippen LogP contribution in [0.5, 0.6) is 0 Å². The molecule has 2 N–H and O–H groups in total. The second-order valence-electron chi connectivity index (χ2n) is 6.93. The summed E-state index contributed by atoms with van der Waals surface area (Å²) in [5.74, 6) is 0.475. The van der Waals surface area contributed by atoms with Gasteiger partial charge in [0, 0.05) is 18.5 Å². The predicted octanol–water partition coefficient (Wildman–Crippen LogP) is 2.00. The molecule has 1 aliphatic rings. The number of piperidine rings is 1. The normalized spacial score (nSPS) is 21.4. The number of rotatable bonds is 7. The van der Waals surface area contributed by atoms with Crippen LogP contribution in [0.3, 0.4) is 0 Å². The van der Waals surface area contributed by atoms with Crippen molar-refractivity contribution in [3.8, 4) is 0 Å². The summed E-state index contributed by atoms with van der Waals surface area (Å²) in [5.41, 5.74) is 2.14. The fraction of sp³-hybridized carbons (Fsp3) is 0.600. The van der Waals surface area contributed by atoms with Gasteiger partial charge in [-0.25, -0.2) is 0 Å². The monoisotopic (exact) mass is 347 g/mol. The molecule has 1 aliphatic heterocycles. The number of nitrogens with one attached hydrogen (secondary N) is 2. The molecule has 0 unspecified atom stereocenters. The van der Waals surface area contributed by atoms with Crippen molar-refractivity contribution in [2.45, 2.75) is 46.0 Å². The number of carbonyl (C=O) groups excluding carboxylic acids is 2. The third-order valence-corrected chi connectivity index (χ3v) is 5.10. The van der Waals surface area contributed by atoms with Gasteiger partial charge >= 0.3 is 5.97 Å². The maximum atomic E-state index is 12.2. The number of ether oxygens (including phenoxy) is 1. The van der Waals surface area contributed by atoms with E-state index in [0.717, 1.165) is 38.0 Å². The van der Waals surface area contributed by atoms with Crippen LogP contribution in [-0.2, 0) is 14.3 Å². The van der Waals surface area contributed by atoms with Crippen LogP contribution in [-0.4, -0.2) is 38.1 Å². The average Bonchev–Trinajstić information content (AvgIpc) is 2.62. The molecule has 1 saturated heterocycles. The molecule has 2 rings (SSSR count). The number of benzene rings is 1. The van der Waals surface area contributed by atoms with E-state index in [-0.39, 0.29) is 17.8 Å². The van der Waals surface area contributed by atoms with E-state index in [1.54, 1.807) is 0 Å². The average molecular weight is 347 g/mol. The van der Waals surface area contributed by atoms with E-state index in [1.807, 2.05) is 19.1 Å². The van der Waals surface area contributed by atoms with Gasteiger partial charge in [-0.05, 0) is 37.0 Å². The van der Waals surface area contributed by atoms with E-state index in [2.05, 4.69) is 31.3 Å². The Bertz CT molecular complexity index is 563. The number of hydrogen-bond acceptors (Lipinski definition) is 3. The maximum absolute atomic E-state index is 12.2. The van der Waals surface area contributed by atoms with Gasteiger partial charge in [-0.3, -0.25) is 9.59 Å². The first kappa shape index (κ1) is 19.4. The van der Waals surface area contributed by atoms with Gasteiger partial charge in [-0.15, -0.1) is 0 Å². The van der Waals surface area contributed by atoms with E-state index in [4.69, 9.17) is 4.74 Å². The van der Waals surface area contributed by atoms with Crippen LogP contribution in [0.1, 0.15) is 51.5 Å². The molecule has 1 heterocycles. The van der Waals surface area contributed by atoms with E-state index in [9.17, 15) is 9.59 Å². The van der Waals surface area contributed by atoms with Crippen molar-refractivity contribution in [1.29, 1.82) is 0 Å². The fourth-order valence-electron chi connectivity index (χ4n) is 3.26. The molecule has 0 spiro atoms. The highest BCUT2D eigenvalue weighted by Gasteiger charge is 2.29. The lowest BCUT2D eigenvalue weighted by molar-refractivity contribution is -0.897. The van der Waals surface area contributed by atoms with Crippen molar-refractivity contribution in [3.05, 3.63) is 29.8 Å². The molecule has 1 amide bonds. The molecule has 0 radical (unpaired) electrons. The minimum absolute atomic E-state index is 0.000129. The molecule has 1 aromatic rings. The Kier molecular flexibility index (Phi) is 7.44. The van der Waals surface area contributed by atoms with Crippen molar-refractivity contribution in [3.63, 3.8) is 0 Å². The Morgan fingerprint density at radius 2 is 1.84 bits per heavy atom. The molecular formula is C20H31N2O3+. The number of hydrogen-bond donors (Lipinski definition) is 2. The van der Waals surface area contributed by atoms with Gasteiger partial charge in [0.05, 0.1) is 25.6 Å². The van der Waals surface area contributed by atoms with Crippen molar-refractivity contribution in [2.75, 3.05) is 31.6 Å². The molecule has 0 aliphatic carbocycles. The third kappa shape index (κ3) is 5.85. The molecule has 5 nitrogen and oxygen atoms in total. The predicted molar refractivity (Wildman–Crippen MR) is 98.7 cm³/mol. The highest BCUT2D eigenvalue weighted by atomic mass is 16.5. The van der Waals surface area contributed by atoms with Crippen molar-refractivity contribution >= 4 is 17.6 Å². The Morgan fingerprint density at radius 1 is 1.20 bits per heavy atom. The van der Waals surface area contributed by atoms with Crippen LogP contribution in [0.15, 0.2) is 24.3 Å². The highest BCUT2D eigenvalue weighted by Crippen LogP contribution is 2.20. The van der Waals surface area contributed by atoms with Gasteiger partial charge in [-0.1, -0.05) is 26.0 Å². The fourth-order valence-corrected chi connectivity index (χ4v) is 3.26. The lowest BCUT2D eigenvalue weighted by atomic mass is 9.97. The summed E-state index contributed by atoms with van der Waals surface area (Å²) in [5, 5.41) is 2.98. The second-order valence-corrected chi connectivity index (χ2v) is 6.93. The van der Waals surface area contributed by atoms with E-state index in [0.29, 0.717) is 19.1 Å². The van der Waals surface area contributed by atoms with E-state index in [1.165, 1.54) is 10.5 Å². The summed E-state index contributed by atoms with van der Waals surface area (Å²) >= 11 is 0. The zero-order valence-corrected chi connectivity index (χ0v) is 15.6. The minimum atomic E-state index is -0.0904. The summed E-state index contributed by atoms with van der Waals surface area (Å²) in [7, 11) is 0. The van der Waals surface area contributed by atoms with Crippen LogP contribution in [0.25, 0.3) is 0 Å². The molecule has 0 aromatic heterocycles. The van der Waals surface area contributed by atoms with Crippen LogP contribution in [0, 0.1) is 5.92 Å². The summed E-state index contributed by atoms with van der Waals surface area (Å²) in [6.07, 6.45) is 2.70. The van der Waals surface area contributed by atoms with Gasteiger partial charge in [-0.2, -0.15) is 0 Å². The minimum Gasteiger partial charge on any atom is -0.466 e. The van der Waals surface area contributed by atoms with Crippen molar-refractivity contribution in [2.24, 2.45) is 5.92 Å². The zero-order valence-electron chi connectivity index (χ0n) is 15.6. The van der Waals surface area contributed by atoms with Gasteiger partial charge in [0.15, 0.2) is 6.54 Å². The summed E-state index contributed by atoms with van der Waals surface area (Å²) in [6.45, 7) is 8.77. The number of quaternary nitrogens is 1. The van der Waals surface area contributed by atoms with Crippen LogP contribution < -0.4 is 10.2 Å². The first-order valence-electron chi connectivity index (χ1n) is 9.43. The van der Waals surface area contributed by atoms with Crippen LogP contribution in [0.2, 0.25) is 0 Å². The molecular weight excluding hydrogens is 316 g/mol. The number of amides is 1. The summed E-state index contributed by atoms with van der Waals surface area (Å²) in [6, 6.07) is 8.12. The Morgan fingerprint density at radius 3 is 2.40 bits per heavy atom. The molecule has 5 heteroatoms. The van der Waals surface area contributed by atoms with Gasteiger partial charge in [0.25, 0.3) is 5.91 Å². The maximum Gasteiger partial charge on any atom is 0.309 e. The lowest BCUT2D eigenvalue weighted by Crippen LogP contribution is -3.14. The molecule has 0 saturated carbocycles. The van der Waals surface area contributed by atoms with Gasteiger partial charge in [0.2, 0.25) is 0 Å². The standard InChI is InChI=1S/C20H30N2O3/c1-4-15(3)16-6-8-18(9-7-16)21-19(23)14-22-12-10-17(11-13-22)20(24)25-5-2/h6-9,15,17H,4-5,10-14H2,1-3H3,(H,21,23)/p+1/t15-/m0/s1. The smallest absolute Gasteiger partial charge is 0.309 e. The number of likely N-dealkylation sites (tertiary alicyclic amines) is 1. The van der Waals surface area contributed by atoms with Gasteiger partial charge < -0.3 is 15.0 Å². The van der Waals surface area contributed by atoms with Crippen molar-refractivity contribution < 1.29 is 19.2 Å². The molecule has 0 bridgehead atoms. The Hall–Kier alpha value is -1.88. The van der Waals surface area contributed by atoms with Crippen LogP contribution >= 0.6 is 0 Å². The van der Waals surface area contributed by atoms with Crippen LogP contribution in [0.4, 0.5) is 5.69 Å².